The van der Waals surface area contributed by atoms with E-state index in [1.165, 1.54) is 30.2 Å². The highest BCUT2D eigenvalue weighted by Crippen LogP contribution is 2.28. The van der Waals surface area contributed by atoms with Crippen molar-refractivity contribution in [2.75, 3.05) is 21.3 Å². The first-order chi connectivity index (χ1) is 19.0. The third kappa shape index (κ3) is 7.68. The summed E-state index contributed by atoms with van der Waals surface area (Å²) >= 11 is 0. The van der Waals surface area contributed by atoms with Crippen LogP contribution in [0.5, 0.6) is 0 Å². The quantitative estimate of drug-likeness (QED) is 0.112. The van der Waals surface area contributed by atoms with E-state index in [0.717, 1.165) is 18.1 Å². The first kappa shape index (κ1) is 31.3. The lowest BCUT2D eigenvalue weighted by Gasteiger charge is -2.42. The van der Waals surface area contributed by atoms with E-state index in [9.17, 15) is 17.6 Å². The van der Waals surface area contributed by atoms with Gasteiger partial charge < -0.3 is 28.5 Å². The molecule has 1 aliphatic rings. The normalized spacial score (nSPS) is 24.6. The topological polar surface area (TPSA) is 85.6 Å². The number of hydrogen-bond donors (Lipinski definition) is 0. The molecule has 0 amide bonds. The molecule has 1 aromatic carbocycles. The zero-order valence-electron chi connectivity index (χ0n) is 23.0. The molecule has 0 unspecified atom stereocenters. The Kier molecular flexibility index (Phi) is 10.9. The van der Waals surface area contributed by atoms with Gasteiger partial charge in [0.15, 0.2) is 6.10 Å². The number of nitrogens with zero attached hydrogens (tertiary/aromatic N) is 3. The predicted octanol–water partition coefficient (Wildman–Crippen LogP) is 5.33. The van der Waals surface area contributed by atoms with Crippen molar-refractivity contribution in [3.8, 4) is 11.3 Å². The second-order valence-electron chi connectivity index (χ2n) is 8.97. The molecule has 0 saturated carbocycles. The molecular weight excluding hydrogens is 538 g/mol. The van der Waals surface area contributed by atoms with E-state index < -0.39 is 31.0 Å². The van der Waals surface area contributed by atoms with Gasteiger partial charge in [-0.3, -0.25) is 0 Å². The van der Waals surface area contributed by atoms with Crippen molar-refractivity contribution in [2.24, 2.45) is 5.16 Å². The molecule has 1 aliphatic heterocycles. The van der Waals surface area contributed by atoms with Crippen LogP contribution in [0.3, 0.4) is 0 Å². The number of hydrogen-bond acceptors (Lipinski definition) is 8. The van der Waals surface area contributed by atoms with Gasteiger partial charge in [-0.15, -0.1) is 0 Å². The van der Waals surface area contributed by atoms with E-state index in [1.807, 2.05) is 31.2 Å². The molecule has 5 atom stereocenters. The summed E-state index contributed by atoms with van der Waals surface area (Å²) in [7, 11) is 4.68. The van der Waals surface area contributed by atoms with Crippen molar-refractivity contribution >= 4 is 11.9 Å². The molecule has 2 aromatic rings. The Hall–Kier alpha value is -3.26. The molecule has 0 radical (unpaired) electrons. The minimum atomic E-state index is -4.56. The highest BCUT2D eigenvalue weighted by Gasteiger charge is 2.47. The highest BCUT2D eigenvalue weighted by molar-refractivity contribution is 5.80. The van der Waals surface area contributed by atoms with Gasteiger partial charge in [-0.05, 0) is 44.6 Å². The Balaban J connectivity index is 1.62. The van der Waals surface area contributed by atoms with Gasteiger partial charge in [0.05, 0.1) is 18.0 Å². The van der Waals surface area contributed by atoms with Gasteiger partial charge >= 0.3 is 12.5 Å². The summed E-state index contributed by atoms with van der Waals surface area (Å²) < 4.78 is 78.6. The lowest BCUT2D eigenvalue weighted by Crippen LogP contribution is -2.59. The lowest BCUT2D eigenvalue weighted by atomic mass is 9.99. The Morgan fingerprint density at radius 1 is 1.00 bits per heavy atom. The van der Waals surface area contributed by atoms with Crippen LogP contribution in [0.1, 0.15) is 26.3 Å². The molecule has 9 nitrogen and oxygen atoms in total. The van der Waals surface area contributed by atoms with Gasteiger partial charge in [0.25, 0.3) is 6.29 Å². The molecule has 1 fully saturated rings. The molecule has 1 aromatic heterocycles. The van der Waals surface area contributed by atoms with Crippen LogP contribution >= 0.6 is 0 Å². The summed E-state index contributed by atoms with van der Waals surface area (Å²) in [5, 5.41) is 8.52. The van der Waals surface area contributed by atoms with Gasteiger partial charge in [0, 0.05) is 38.8 Å². The first-order valence-corrected chi connectivity index (χ1v) is 12.3. The largest absolute Gasteiger partial charge is 0.460 e. The monoisotopic (exact) mass is 571 g/mol. The van der Waals surface area contributed by atoms with Crippen LogP contribution in [0.2, 0.25) is 0 Å². The molecule has 0 bridgehead atoms. The number of benzene rings is 1. The fraction of sp³-hybridized carbons (Fsp3) is 0.481. The third-order valence-corrected chi connectivity index (χ3v) is 6.18. The summed E-state index contributed by atoms with van der Waals surface area (Å²) in [6.07, 6.45) is -5.04. The van der Waals surface area contributed by atoms with Crippen molar-refractivity contribution in [1.29, 1.82) is 0 Å². The van der Waals surface area contributed by atoms with Gasteiger partial charge in [0.2, 0.25) is 0 Å². The molecule has 0 spiro atoms. The molecule has 13 heteroatoms. The van der Waals surface area contributed by atoms with Crippen LogP contribution in [0.25, 0.3) is 17.0 Å². The highest BCUT2D eigenvalue weighted by atomic mass is 19.3. The Bertz CT molecular complexity index is 1190. The maximum absolute atomic E-state index is 13.0. The Morgan fingerprint density at radius 2 is 1.65 bits per heavy atom. The van der Waals surface area contributed by atoms with Gasteiger partial charge in [-0.1, -0.05) is 29.4 Å². The van der Waals surface area contributed by atoms with Crippen molar-refractivity contribution in [2.45, 2.75) is 64.0 Å². The average molecular weight is 572 g/mol. The number of allylic oxidation sites excluding steroid dienone is 4. The van der Waals surface area contributed by atoms with Crippen molar-refractivity contribution < 1.29 is 46.1 Å². The zero-order valence-corrected chi connectivity index (χ0v) is 23.0. The standard InChI is InChI=1S/C27H33F4N3O6/c1-16(7-8-17(2)39-27(30,31)26(28)29)34-14-13-21(33-34)20-11-9-19(10-12-20)15-32-40-25-24(37-6)23(36-5)22(35-4)18(3)38-25/h7-15,18,22-26H,1-6H3/b16-7+,17-8+,32-15+/t18-,22-,23+,24+,25-/m0/s1. The molecule has 3 rings (SSSR count). The molecule has 220 valence electrons. The Morgan fingerprint density at radius 3 is 2.25 bits per heavy atom. The zero-order chi connectivity index (χ0) is 29.4. The van der Waals surface area contributed by atoms with E-state index in [-0.39, 0.29) is 18.0 Å². The second-order valence-corrected chi connectivity index (χ2v) is 8.97. The number of alkyl halides is 4. The predicted molar refractivity (Wildman–Crippen MR) is 139 cm³/mol. The summed E-state index contributed by atoms with van der Waals surface area (Å²) in [4.78, 5) is 5.58. The smallest absolute Gasteiger partial charge is 0.433 e. The van der Waals surface area contributed by atoms with Crippen LogP contribution in [0, 0.1) is 0 Å². The first-order valence-electron chi connectivity index (χ1n) is 12.3. The van der Waals surface area contributed by atoms with E-state index >= 15 is 0 Å². The third-order valence-electron chi connectivity index (χ3n) is 6.18. The lowest BCUT2D eigenvalue weighted by molar-refractivity contribution is -0.305. The maximum atomic E-state index is 13.0. The molecule has 40 heavy (non-hydrogen) atoms. The van der Waals surface area contributed by atoms with E-state index in [4.69, 9.17) is 23.8 Å². The van der Waals surface area contributed by atoms with Crippen LogP contribution in [0.4, 0.5) is 17.6 Å². The summed E-state index contributed by atoms with van der Waals surface area (Å²) in [6, 6.07) is 9.12. The molecule has 1 saturated heterocycles. The van der Waals surface area contributed by atoms with Crippen LogP contribution < -0.4 is 0 Å². The SMILES string of the molecule is CO[C@@H]1[C@@H](OC)[C@H](C)O[C@@H](O/N=C/c2ccc(-c3ccn(/C(C)=C/C=C(\C)OC(F)(F)C(F)F)n3)cc2)[C@@H]1OC. The number of halogens is 4. The summed E-state index contributed by atoms with van der Waals surface area (Å²) in [5.74, 6) is -0.363. The minimum Gasteiger partial charge on any atom is -0.433 e. The Labute approximate surface area is 229 Å². The van der Waals surface area contributed by atoms with Crippen LogP contribution in [-0.2, 0) is 28.5 Å². The maximum Gasteiger partial charge on any atom is 0.460 e. The van der Waals surface area contributed by atoms with Crippen molar-refractivity contribution in [3.63, 3.8) is 0 Å². The molecule has 2 heterocycles. The molecular formula is C27H33F4N3O6. The van der Waals surface area contributed by atoms with E-state index in [1.54, 1.807) is 33.4 Å². The molecule has 0 N–H and O–H groups in total. The fourth-order valence-electron chi connectivity index (χ4n) is 4.07. The van der Waals surface area contributed by atoms with Gasteiger partial charge in [0.1, 0.15) is 18.0 Å². The van der Waals surface area contributed by atoms with Crippen LogP contribution in [0.15, 0.2) is 59.6 Å². The second kappa shape index (κ2) is 13.9. The minimum absolute atomic E-state index is 0.303. The number of aromatic nitrogens is 2. The van der Waals surface area contributed by atoms with Crippen LogP contribution in [-0.4, -0.2) is 80.6 Å². The van der Waals surface area contributed by atoms with Crippen molar-refractivity contribution in [3.05, 3.63) is 60.0 Å². The average Bonchev–Trinajstić information content (AvgIpc) is 3.42. The number of rotatable bonds is 12. The van der Waals surface area contributed by atoms with Crippen molar-refractivity contribution in [1.82, 2.24) is 9.78 Å². The summed E-state index contributed by atoms with van der Waals surface area (Å²) in [6.45, 7) is 4.70. The number of methoxy groups -OCH3 is 3. The van der Waals surface area contributed by atoms with Gasteiger partial charge in [-0.2, -0.15) is 22.7 Å². The number of oxime groups is 1. The van der Waals surface area contributed by atoms with Gasteiger partial charge in [-0.25, -0.2) is 4.68 Å². The summed E-state index contributed by atoms with van der Waals surface area (Å²) in [5.41, 5.74) is 2.78. The number of ether oxygens (including phenoxy) is 5. The van der Waals surface area contributed by atoms with E-state index in [2.05, 4.69) is 15.0 Å². The van der Waals surface area contributed by atoms with E-state index in [0.29, 0.717) is 11.4 Å². The fourth-order valence-corrected chi connectivity index (χ4v) is 4.07. The molecule has 0 aliphatic carbocycles.